The predicted molar refractivity (Wildman–Crippen MR) is 138 cm³/mol. The molecule has 9 nitrogen and oxygen atoms in total. The van der Waals surface area contributed by atoms with Crippen molar-refractivity contribution >= 4 is 49.6 Å². The zero-order valence-corrected chi connectivity index (χ0v) is 21.5. The van der Waals surface area contributed by atoms with Gasteiger partial charge in [0.25, 0.3) is 15.0 Å². The van der Waals surface area contributed by atoms with Crippen molar-refractivity contribution in [2.24, 2.45) is 0 Å². The standard InChI is InChI=1S/C25H25N3O6S2/c1-25(2,3)34-24(29)27-19-10-6-8-17(14-19)16-35(30)23-20(11-7-13-26-23)28-36(31,32)22-15-18-9-4-5-12-21(18)33-22/h4-15,28H,16H2,1-3H3,(H,27,29). The average Bonchev–Trinajstić information content (AvgIpc) is 3.23. The van der Waals surface area contributed by atoms with Crippen molar-refractivity contribution in [3.05, 3.63) is 78.5 Å². The number of benzene rings is 2. The first-order valence-electron chi connectivity index (χ1n) is 10.9. The van der Waals surface area contributed by atoms with Gasteiger partial charge in [0.15, 0.2) is 0 Å². The monoisotopic (exact) mass is 527 g/mol. The van der Waals surface area contributed by atoms with Crippen LogP contribution in [0.25, 0.3) is 11.0 Å². The molecule has 0 aliphatic carbocycles. The fourth-order valence-electron chi connectivity index (χ4n) is 3.31. The molecule has 0 saturated heterocycles. The van der Waals surface area contributed by atoms with Crippen LogP contribution in [0.2, 0.25) is 0 Å². The quantitative estimate of drug-likeness (QED) is 0.312. The third-order valence-electron chi connectivity index (χ3n) is 4.77. The van der Waals surface area contributed by atoms with Crippen LogP contribution in [0.1, 0.15) is 26.3 Å². The first kappa shape index (κ1) is 25.5. The summed E-state index contributed by atoms with van der Waals surface area (Å²) in [6.07, 6.45) is 0.833. The second kappa shape index (κ2) is 10.2. The maximum atomic E-state index is 13.2. The van der Waals surface area contributed by atoms with Crippen LogP contribution in [0.5, 0.6) is 0 Å². The summed E-state index contributed by atoms with van der Waals surface area (Å²) < 4.78 is 52.3. The summed E-state index contributed by atoms with van der Waals surface area (Å²) in [5.74, 6) is 0.0419. The van der Waals surface area contributed by atoms with Crippen molar-refractivity contribution in [3.63, 3.8) is 0 Å². The van der Waals surface area contributed by atoms with E-state index in [-0.39, 0.29) is 21.6 Å². The molecule has 4 rings (SSSR count). The van der Waals surface area contributed by atoms with Crippen molar-refractivity contribution in [3.8, 4) is 0 Å². The highest BCUT2D eigenvalue weighted by Crippen LogP contribution is 2.28. The number of nitrogens with one attached hydrogen (secondary N) is 2. The van der Waals surface area contributed by atoms with E-state index in [1.807, 2.05) is 0 Å². The number of nitrogens with zero attached hydrogens (tertiary/aromatic N) is 1. The van der Waals surface area contributed by atoms with Gasteiger partial charge in [-0.25, -0.2) is 9.78 Å². The molecular weight excluding hydrogens is 502 g/mol. The van der Waals surface area contributed by atoms with Gasteiger partial charge in [0.1, 0.15) is 22.6 Å². The van der Waals surface area contributed by atoms with Crippen LogP contribution in [-0.2, 0) is 31.7 Å². The second-order valence-electron chi connectivity index (χ2n) is 8.88. The fraction of sp³-hybridized carbons (Fsp3) is 0.200. The highest BCUT2D eigenvalue weighted by atomic mass is 32.2. The Bertz CT molecular complexity index is 1460. The molecule has 2 N–H and O–H groups in total. The summed E-state index contributed by atoms with van der Waals surface area (Å²) in [4.78, 5) is 16.2. The minimum absolute atomic E-state index is 0.0419. The zero-order valence-electron chi connectivity index (χ0n) is 19.8. The molecule has 1 unspecified atom stereocenters. The Hall–Kier alpha value is -3.54. The fourth-order valence-corrected chi connectivity index (χ4v) is 5.58. The van der Waals surface area contributed by atoms with Gasteiger partial charge in [-0.15, -0.1) is 0 Å². The Labute approximate surface area is 212 Å². The molecule has 2 aromatic heterocycles. The highest BCUT2D eigenvalue weighted by Gasteiger charge is 2.26. The van der Waals surface area contributed by atoms with Gasteiger partial charge in [-0.05, 0) is 51.1 Å². The molecule has 4 aromatic rings. The lowest BCUT2D eigenvalue weighted by atomic mass is 10.2. The predicted octanol–water partition coefficient (Wildman–Crippen LogP) is 5.28. The molecule has 0 saturated carbocycles. The average molecular weight is 528 g/mol. The molecule has 36 heavy (non-hydrogen) atoms. The Morgan fingerprint density at radius 2 is 1.86 bits per heavy atom. The third kappa shape index (κ3) is 6.36. The highest BCUT2D eigenvalue weighted by molar-refractivity contribution is 7.93. The molecule has 0 aliphatic heterocycles. The lowest BCUT2D eigenvalue weighted by Gasteiger charge is -2.19. The third-order valence-corrected chi connectivity index (χ3v) is 7.34. The molecule has 188 valence electrons. The number of anilines is 2. The van der Waals surface area contributed by atoms with E-state index in [1.54, 1.807) is 75.4 Å². The lowest BCUT2D eigenvalue weighted by molar-refractivity contribution is 0.0636. The summed E-state index contributed by atoms with van der Waals surface area (Å²) in [5.41, 5.74) is 1.00. The SMILES string of the molecule is CC(C)(C)OC(=O)Nc1cccc(C[S+]([O-])c2ncccc2NS(=O)(=O)c2cc3ccccc3o2)c1. The maximum Gasteiger partial charge on any atom is 0.412 e. The maximum absolute atomic E-state index is 13.2. The Kier molecular flexibility index (Phi) is 7.25. The number of fused-ring (bicyclic) bond motifs is 1. The smallest absolute Gasteiger partial charge is 0.412 e. The van der Waals surface area contributed by atoms with Crippen molar-refractivity contribution in [2.75, 3.05) is 10.0 Å². The van der Waals surface area contributed by atoms with Crippen LogP contribution in [0.3, 0.4) is 0 Å². The van der Waals surface area contributed by atoms with E-state index in [2.05, 4.69) is 15.0 Å². The summed E-state index contributed by atoms with van der Waals surface area (Å²) in [6, 6.07) is 18.2. The number of aromatic nitrogens is 1. The van der Waals surface area contributed by atoms with Gasteiger partial charge in [0, 0.05) is 40.1 Å². The number of amides is 1. The number of ether oxygens (including phenoxy) is 1. The molecule has 0 radical (unpaired) electrons. The number of furan rings is 1. The van der Waals surface area contributed by atoms with Crippen molar-refractivity contribution in [1.82, 2.24) is 4.98 Å². The number of hydrogen-bond donors (Lipinski definition) is 2. The van der Waals surface area contributed by atoms with Crippen LogP contribution in [0, 0.1) is 0 Å². The topological polar surface area (TPSA) is 134 Å². The van der Waals surface area contributed by atoms with Gasteiger partial charge >= 0.3 is 6.09 Å². The Morgan fingerprint density at radius 3 is 2.61 bits per heavy atom. The number of rotatable bonds is 7. The van der Waals surface area contributed by atoms with Crippen molar-refractivity contribution in [2.45, 2.75) is 42.2 Å². The lowest BCUT2D eigenvalue weighted by Crippen LogP contribution is -2.27. The van der Waals surface area contributed by atoms with Crippen LogP contribution in [0.4, 0.5) is 16.2 Å². The van der Waals surface area contributed by atoms with E-state index in [9.17, 15) is 17.8 Å². The number of hydrogen-bond acceptors (Lipinski definition) is 7. The molecule has 11 heteroatoms. The Morgan fingerprint density at radius 1 is 1.08 bits per heavy atom. The van der Waals surface area contributed by atoms with Crippen LogP contribution >= 0.6 is 0 Å². The first-order valence-corrected chi connectivity index (χ1v) is 13.7. The zero-order chi connectivity index (χ0) is 25.9. The summed E-state index contributed by atoms with van der Waals surface area (Å²) in [6.45, 7) is 5.29. The van der Waals surface area contributed by atoms with Crippen molar-refractivity contribution < 1.29 is 26.9 Å². The Balaban J connectivity index is 1.51. The minimum atomic E-state index is -4.09. The van der Waals surface area contributed by atoms with Crippen LogP contribution in [0.15, 0.2) is 87.5 Å². The molecule has 1 atom stereocenters. The van der Waals surface area contributed by atoms with Crippen LogP contribution in [-0.4, -0.2) is 29.6 Å². The number of pyridine rings is 1. The minimum Gasteiger partial charge on any atom is -0.610 e. The van der Waals surface area contributed by atoms with Gasteiger partial charge < -0.3 is 13.7 Å². The molecule has 2 aromatic carbocycles. The van der Waals surface area contributed by atoms with Gasteiger partial charge in [0.2, 0.25) is 5.09 Å². The van der Waals surface area contributed by atoms with Gasteiger partial charge in [-0.3, -0.25) is 10.0 Å². The largest absolute Gasteiger partial charge is 0.610 e. The number of carbonyl (C=O) groups excluding carboxylic acids is 1. The van der Waals surface area contributed by atoms with E-state index in [4.69, 9.17) is 9.15 Å². The molecule has 0 aliphatic rings. The molecule has 1 amide bonds. The molecule has 0 bridgehead atoms. The normalized spacial score (nSPS) is 12.8. The number of carbonyl (C=O) groups is 1. The molecule has 0 spiro atoms. The van der Waals surface area contributed by atoms with Gasteiger partial charge in [-0.2, -0.15) is 8.42 Å². The molecular formula is C25H25N3O6S2. The summed E-state index contributed by atoms with van der Waals surface area (Å²) in [5, 5.41) is 3.10. The van der Waals surface area contributed by atoms with E-state index in [0.29, 0.717) is 22.2 Å². The van der Waals surface area contributed by atoms with Gasteiger partial charge in [-0.1, -0.05) is 30.3 Å². The number of para-hydroxylation sites is 1. The summed E-state index contributed by atoms with van der Waals surface area (Å²) >= 11 is -1.70. The van der Waals surface area contributed by atoms with E-state index >= 15 is 0 Å². The van der Waals surface area contributed by atoms with E-state index in [0.717, 1.165) is 0 Å². The second-order valence-corrected chi connectivity index (χ2v) is 11.9. The van der Waals surface area contributed by atoms with E-state index < -0.39 is 32.9 Å². The molecule has 0 fully saturated rings. The van der Waals surface area contributed by atoms with E-state index in [1.165, 1.54) is 18.3 Å². The summed E-state index contributed by atoms with van der Waals surface area (Å²) in [7, 11) is -4.09. The first-order chi connectivity index (χ1) is 17.0. The van der Waals surface area contributed by atoms with Crippen LogP contribution < -0.4 is 10.0 Å². The number of sulfonamides is 1. The molecule has 2 heterocycles. The van der Waals surface area contributed by atoms with Crippen molar-refractivity contribution in [1.29, 1.82) is 0 Å². The van der Waals surface area contributed by atoms with Gasteiger partial charge in [0.05, 0.1) is 0 Å².